The number of hydrogen-bond acceptors (Lipinski definition) is 7. The summed E-state index contributed by atoms with van der Waals surface area (Å²) in [6.07, 6.45) is 0. The predicted octanol–water partition coefficient (Wildman–Crippen LogP) is 4.66. The van der Waals surface area contributed by atoms with Crippen molar-refractivity contribution in [1.82, 2.24) is 4.98 Å². The number of fused-ring (bicyclic) bond motifs is 1. The van der Waals surface area contributed by atoms with Crippen molar-refractivity contribution in [3.05, 3.63) is 70.4 Å². The number of carbonyl (C=O) groups is 1. The molecule has 2 aromatic heterocycles. The summed E-state index contributed by atoms with van der Waals surface area (Å²) >= 11 is 2.70. The highest BCUT2D eigenvalue weighted by Crippen LogP contribution is 2.28. The second-order valence-electron chi connectivity index (χ2n) is 6.05. The van der Waals surface area contributed by atoms with Crippen molar-refractivity contribution in [3.8, 4) is 17.0 Å². The molecule has 146 valence electrons. The summed E-state index contributed by atoms with van der Waals surface area (Å²) in [5.41, 5.74) is 1.74. The van der Waals surface area contributed by atoms with Crippen LogP contribution >= 0.6 is 23.1 Å². The summed E-state index contributed by atoms with van der Waals surface area (Å²) in [5.74, 6) is 0.732. The van der Waals surface area contributed by atoms with Gasteiger partial charge in [0, 0.05) is 22.5 Å². The van der Waals surface area contributed by atoms with Gasteiger partial charge in [0.25, 0.3) is 0 Å². The predicted molar refractivity (Wildman–Crippen MR) is 116 cm³/mol. The quantitative estimate of drug-likeness (QED) is 0.358. The number of thiazole rings is 1. The highest BCUT2D eigenvalue weighted by atomic mass is 32.2. The van der Waals surface area contributed by atoms with Crippen molar-refractivity contribution in [1.29, 1.82) is 0 Å². The lowest BCUT2D eigenvalue weighted by atomic mass is 10.1. The Labute approximate surface area is 174 Å². The summed E-state index contributed by atoms with van der Waals surface area (Å²) in [6.45, 7) is 0. The van der Waals surface area contributed by atoms with Crippen LogP contribution in [0.2, 0.25) is 0 Å². The van der Waals surface area contributed by atoms with Gasteiger partial charge in [0.2, 0.25) is 5.91 Å². The first-order valence-corrected chi connectivity index (χ1v) is 10.5. The number of thioether (sulfide) groups is 1. The number of nitrogens with zero attached hydrogens (tertiary/aromatic N) is 1. The van der Waals surface area contributed by atoms with Crippen LogP contribution in [0, 0.1) is 0 Å². The van der Waals surface area contributed by atoms with Crippen molar-refractivity contribution >= 4 is 45.7 Å². The van der Waals surface area contributed by atoms with E-state index in [9.17, 15) is 9.59 Å². The van der Waals surface area contributed by atoms with Crippen LogP contribution in [0.5, 0.6) is 5.75 Å². The van der Waals surface area contributed by atoms with Crippen LogP contribution in [-0.4, -0.2) is 23.8 Å². The number of amides is 1. The first kappa shape index (κ1) is 19.2. The minimum atomic E-state index is -0.429. The van der Waals surface area contributed by atoms with Crippen LogP contribution in [0.4, 0.5) is 5.69 Å². The van der Waals surface area contributed by atoms with Crippen molar-refractivity contribution in [3.63, 3.8) is 0 Å². The van der Waals surface area contributed by atoms with E-state index >= 15 is 0 Å². The summed E-state index contributed by atoms with van der Waals surface area (Å²) in [4.78, 5) is 29.0. The molecule has 29 heavy (non-hydrogen) atoms. The Morgan fingerprint density at radius 3 is 2.93 bits per heavy atom. The van der Waals surface area contributed by atoms with E-state index in [0.29, 0.717) is 32.6 Å². The molecule has 0 saturated heterocycles. The summed E-state index contributed by atoms with van der Waals surface area (Å²) in [6, 6.07) is 16.3. The largest absolute Gasteiger partial charge is 0.497 e. The van der Waals surface area contributed by atoms with Gasteiger partial charge in [-0.25, -0.2) is 9.78 Å². The smallest absolute Gasteiger partial charge is 0.345 e. The Morgan fingerprint density at radius 2 is 2.07 bits per heavy atom. The Bertz CT molecular complexity index is 1230. The van der Waals surface area contributed by atoms with Crippen LogP contribution in [-0.2, 0) is 4.79 Å². The highest BCUT2D eigenvalue weighted by molar-refractivity contribution is 8.01. The second-order valence-corrected chi connectivity index (χ2v) is 8.13. The first-order chi connectivity index (χ1) is 14.1. The Hall–Kier alpha value is -3.10. The number of rotatable bonds is 6. The zero-order valence-electron chi connectivity index (χ0n) is 15.4. The summed E-state index contributed by atoms with van der Waals surface area (Å²) < 4.78 is 11.2. The number of nitrogens with one attached hydrogen (secondary N) is 1. The fourth-order valence-corrected chi connectivity index (χ4v) is 4.34. The molecular formula is C21H16N2O4S2. The van der Waals surface area contributed by atoms with Crippen LogP contribution in [0.3, 0.4) is 0 Å². The average molecular weight is 425 g/mol. The van der Waals surface area contributed by atoms with Gasteiger partial charge in [-0.2, -0.15) is 0 Å². The van der Waals surface area contributed by atoms with Crippen molar-refractivity contribution in [2.45, 2.75) is 4.34 Å². The van der Waals surface area contributed by atoms with E-state index in [1.54, 1.807) is 36.8 Å². The molecule has 4 rings (SSSR count). The van der Waals surface area contributed by atoms with E-state index in [0.717, 1.165) is 5.39 Å². The van der Waals surface area contributed by atoms with Gasteiger partial charge in [-0.3, -0.25) is 4.79 Å². The van der Waals surface area contributed by atoms with E-state index in [2.05, 4.69) is 10.3 Å². The number of methoxy groups -OCH3 is 1. The van der Waals surface area contributed by atoms with Crippen molar-refractivity contribution in [2.75, 3.05) is 18.2 Å². The molecular weight excluding hydrogens is 408 g/mol. The molecule has 0 aliphatic heterocycles. The molecule has 1 amide bonds. The second kappa shape index (κ2) is 8.50. The zero-order chi connectivity index (χ0) is 20.2. The van der Waals surface area contributed by atoms with Crippen LogP contribution in [0.25, 0.3) is 22.2 Å². The van der Waals surface area contributed by atoms with E-state index in [1.807, 2.05) is 30.3 Å². The fraction of sp³-hybridized carbons (Fsp3) is 0.0952. The molecule has 1 N–H and O–H groups in total. The van der Waals surface area contributed by atoms with E-state index < -0.39 is 5.63 Å². The van der Waals surface area contributed by atoms with E-state index in [-0.39, 0.29) is 11.7 Å². The summed E-state index contributed by atoms with van der Waals surface area (Å²) in [7, 11) is 1.58. The molecule has 4 aromatic rings. The van der Waals surface area contributed by atoms with Gasteiger partial charge in [-0.1, -0.05) is 36.0 Å². The van der Waals surface area contributed by atoms with Gasteiger partial charge in [0.15, 0.2) is 4.34 Å². The monoisotopic (exact) mass is 424 g/mol. The Morgan fingerprint density at radius 1 is 1.21 bits per heavy atom. The van der Waals surface area contributed by atoms with Gasteiger partial charge in [-0.05, 0) is 24.3 Å². The van der Waals surface area contributed by atoms with Gasteiger partial charge >= 0.3 is 5.63 Å². The zero-order valence-corrected chi connectivity index (χ0v) is 17.0. The molecule has 0 fully saturated rings. The minimum Gasteiger partial charge on any atom is -0.497 e. The molecule has 0 aliphatic rings. The third-order valence-electron chi connectivity index (χ3n) is 4.08. The number of hydrogen-bond donors (Lipinski definition) is 1. The number of para-hydroxylation sites is 1. The molecule has 0 unspecified atom stereocenters. The maximum Gasteiger partial charge on any atom is 0.345 e. The number of ether oxygens (including phenoxy) is 1. The van der Waals surface area contributed by atoms with Gasteiger partial charge < -0.3 is 14.5 Å². The average Bonchev–Trinajstić information content (AvgIpc) is 3.20. The SMILES string of the molecule is COc1cccc(NC(=O)CSc2nc(-c3cc4ccccc4oc3=O)cs2)c1. The van der Waals surface area contributed by atoms with E-state index in [4.69, 9.17) is 9.15 Å². The molecule has 6 nitrogen and oxygen atoms in total. The summed E-state index contributed by atoms with van der Waals surface area (Å²) in [5, 5.41) is 5.46. The third kappa shape index (κ3) is 4.49. The molecule has 2 aromatic carbocycles. The number of carbonyl (C=O) groups excluding carboxylic acids is 1. The number of anilines is 1. The number of aromatic nitrogens is 1. The Balaban J connectivity index is 1.44. The normalized spacial score (nSPS) is 10.8. The molecule has 0 bridgehead atoms. The maximum atomic E-state index is 12.3. The van der Waals surface area contributed by atoms with Crippen LogP contribution < -0.4 is 15.7 Å². The van der Waals surface area contributed by atoms with Crippen LogP contribution in [0.1, 0.15) is 0 Å². The highest BCUT2D eigenvalue weighted by Gasteiger charge is 2.13. The van der Waals surface area contributed by atoms with Crippen molar-refractivity contribution < 1.29 is 13.9 Å². The molecule has 0 atom stereocenters. The van der Waals surface area contributed by atoms with E-state index in [1.165, 1.54) is 23.1 Å². The first-order valence-electron chi connectivity index (χ1n) is 8.68. The lowest BCUT2D eigenvalue weighted by molar-refractivity contribution is -0.113. The van der Waals surface area contributed by atoms with Crippen LogP contribution in [0.15, 0.2) is 73.5 Å². The van der Waals surface area contributed by atoms with Gasteiger partial charge in [0.05, 0.1) is 24.1 Å². The molecule has 0 spiro atoms. The standard InChI is InChI=1S/C21H16N2O4S2/c1-26-15-7-4-6-14(10-15)22-19(24)12-29-21-23-17(11-28-21)16-9-13-5-2-3-8-18(13)27-20(16)25/h2-11H,12H2,1H3,(H,22,24). The maximum absolute atomic E-state index is 12.3. The van der Waals surface area contributed by atoms with Crippen molar-refractivity contribution in [2.24, 2.45) is 0 Å². The molecule has 0 radical (unpaired) electrons. The third-order valence-corrected chi connectivity index (χ3v) is 6.10. The topological polar surface area (TPSA) is 81.4 Å². The molecule has 8 heteroatoms. The number of benzene rings is 2. The fourth-order valence-electron chi connectivity index (χ4n) is 2.71. The minimum absolute atomic E-state index is 0.148. The van der Waals surface area contributed by atoms with Gasteiger partial charge in [0.1, 0.15) is 11.3 Å². The molecule has 0 saturated carbocycles. The van der Waals surface area contributed by atoms with Gasteiger partial charge in [-0.15, -0.1) is 11.3 Å². The molecule has 0 aliphatic carbocycles. The lowest BCUT2D eigenvalue weighted by Gasteiger charge is -2.06. The lowest BCUT2D eigenvalue weighted by Crippen LogP contribution is -2.13. The molecule has 2 heterocycles. The Kier molecular flexibility index (Phi) is 5.64.